The first-order valence-electron chi connectivity index (χ1n) is 6.51. The van der Waals surface area contributed by atoms with Gasteiger partial charge in [-0.05, 0) is 17.5 Å². The second-order valence-electron chi connectivity index (χ2n) is 3.78. The molecule has 0 saturated heterocycles. The molecule has 0 bridgehead atoms. The van der Waals surface area contributed by atoms with Gasteiger partial charge in [-0.25, -0.2) is 0 Å². The van der Waals surface area contributed by atoms with Gasteiger partial charge in [0.25, 0.3) is 0 Å². The fraction of sp³-hybridized carbons (Fsp3) is 0.400. The normalized spacial score (nSPS) is 8.20. The van der Waals surface area contributed by atoms with Crippen molar-refractivity contribution in [2.24, 2.45) is 0 Å². The lowest BCUT2D eigenvalue weighted by molar-refractivity contribution is 0.777. The van der Waals surface area contributed by atoms with Gasteiger partial charge in [-0.3, -0.25) is 0 Å². The average molecular weight is 274 g/mol. The molecule has 0 heteroatoms. The average Bonchev–Trinajstić information content (AvgIpc) is 2.44. The van der Waals surface area contributed by atoms with E-state index in [1.54, 1.807) is 0 Å². The molecular weight excluding hydrogens is 240 g/mol. The van der Waals surface area contributed by atoms with Crippen LogP contribution in [0.25, 0.3) is 0 Å². The standard InChI is InChI=1S/C15H16.C2H6.3CH4/c1-2-15(13-9-5-3-6-10-13)14-11-7-4-8-12-14;1-2;;;/h3-12,15H,2H2,1H3;1-2H3;3*1H4. The van der Waals surface area contributed by atoms with Crippen LogP contribution in [0.5, 0.6) is 0 Å². The summed E-state index contributed by atoms with van der Waals surface area (Å²) in [6, 6.07) is 21.4. The maximum Gasteiger partial charge on any atom is 0.00867 e. The molecule has 0 spiro atoms. The molecule has 0 saturated carbocycles. The van der Waals surface area contributed by atoms with Crippen LogP contribution in [0.15, 0.2) is 60.7 Å². The molecule has 0 aliphatic carbocycles. The highest BCUT2D eigenvalue weighted by molar-refractivity contribution is 5.31. The van der Waals surface area contributed by atoms with Crippen LogP contribution in [0.1, 0.15) is 66.5 Å². The third-order valence-corrected chi connectivity index (χ3v) is 2.81. The van der Waals surface area contributed by atoms with Gasteiger partial charge >= 0.3 is 0 Å². The van der Waals surface area contributed by atoms with Gasteiger partial charge in [0.15, 0.2) is 0 Å². The molecule has 0 aromatic heterocycles. The van der Waals surface area contributed by atoms with Gasteiger partial charge in [-0.1, -0.05) is 104 Å². The van der Waals surface area contributed by atoms with Gasteiger partial charge in [-0.15, -0.1) is 0 Å². The molecule has 0 atom stereocenters. The van der Waals surface area contributed by atoms with E-state index in [9.17, 15) is 0 Å². The molecule has 0 aliphatic rings. The summed E-state index contributed by atoms with van der Waals surface area (Å²) in [7, 11) is 0. The van der Waals surface area contributed by atoms with Crippen molar-refractivity contribution in [1.82, 2.24) is 0 Å². The van der Waals surface area contributed by atoms with Gasteiger partial charge in [-0.2, -0.15) is 0 Å². The van der Waals surface area contributed by atoms with Crippen LogP contribution in [0, 0.1) is 0 Å². The summed E-state index contributed by atoms with van der Waals surface area (Å²) in [5.74, 6) is 0.535. The molecule has 0 fully saturated rings. The van der Waals surface area contributed by atoms with Crippen molar-refractivity contribution in [2.45, 2.75) is 55.4 Å². The van der Waals surface area contributed by atoms with Gasteiger partial charge in [0, 0.05) is 5.92 Å². The Hall–Kier alpha value is -1.56. The Bertz CT molecular complexity index is 349. The highest BCUT2D eigenvalue weighted by Crippen LogP contribution is 2.26. The van der Waals surface area contributed by atoms with Crippen molar-refractivity contribution in [3.63, 3.8) is 0 Å². The van der Waals surface area contributed by atoms with E-state index in [0.717, 1.165) is 6.42 Å². The van der Waals surface area contributed by atoms with Crippen LogP contribution < -0.4 is 0 Å². The highest BCUT2D eigenvalue weighted by Gasteiger charge is 2.10. The summed E-state index contributed by atoms with van der Waals surface area (Å²) in [5, 5.41) is 0. The van der Waals surface area contributed by atoms with Crippen LogP contribution in [-0.2, 0) is 0 Å². The Labute approximate surface area is 127 Å². The molecule has 0 N–H and O–H groups in total. The van der Waals surface area contributed by atoms with Gasteiger partial charge in [0.1, 0.15) is 0 Å². The van der Waals surface area contributed by atoms with Crippen molar-refractivity contribution in [1.29, 1.82) is 0 Å². The summed E-state index contributed by atoms with van der Waals surface area (Å²) in [6.45, 7) is 6.24. The first kappa shape index (κ1) is 23.5. The van der Waals surface area contributed by atoms with Crippen molar-refractivity contribution in [2.75, 3.05) is 0 Å². The molecular formula is C20H34. The minimum atomic E-state index is 0. The maximum atomic E-state index is 2.24. The molecule has 0 unspecified atom stereocenters. The number of hydrogen-bond donors (Lipinski definition) is 0. The van der Waals surface area contributed by atoms with Crippen molar-refractivity contribution < 1.29 is 0 Å². The van der Waals surface area contributed by atoms with E-state index in [2.05, 4.69) is 67.6 Å². The van der Waals surface area contributed by atoms with Crippen LogP contribution in [0.2, 0.25) is 0 Å². The zero-order chi connectivity index (χ0) is 12.5. The molecule has 2 aromatic rings. The van der Waals surface area contributed by atoms with Gasteiger partial charge < -0.3 is 0 Å². The van der Waals surface area contributed by atoms with Crippen molar-refractivity contribution in [3.05, 3.63) is 71.8 Å². The molecule has 2 rings (SSSR count). The minimum Gasteiger partial charge on any atom is -0.0776 e. The van der Waals surface area contributed by atoms with Gasteiger partial charge in [0.05, 0.1) is 0 Å². The second-order valence-corrected chi connectivity index (χ2v) is 3.78. The van der Waals surface area contributed by atoms with E-state index in [4.69, 9.17) is 0 Å². The first-order chi connectivity index (χ1) is 8.42. The van der Waals surface area contributed by atoms with Crippen molar-refractivity contribution in [3.8, 4) is 0 Å². The quantitative estimate of drug-likeness (QED) is 0.557. The maximum absolute atomic E-state index is 2.24. The fourth-order valence-electron chi connectivity index (χ4n) is 2.03. The summed E-state index contributed by atoms with van der Waals surface area (Å²) in [6.07, 6.45) is 1.15. The Morgan fingerprint density at radius 3 is 1.20 bits per heavy atom. The summed E-state index contributed by atoms with van der Waals surface area (Å²) >= 11 is 0. The van der Waals surface area contributed by atoms with E-state index >= 15 is 0 Å². The lowest BCUT2D eigenvalue weighted by atomic mass is 9.89. The highest BCUT2D eigenvalue weighted by atomic mass is 14.1. The molecule has 0 amide bonds. The summed E-state index contributed by atoms with van der Waals surface area (Å²) in [4.78, 5) is 0. The SMILES string of the molecule is C.C.C.CC.CCC(c1ccccc1)c1ccccc1. The van der Waals surface area contributed by atoms with E-state index in [0.29, 0.717) is 5.92 Å². The number of benzene rings is 2. The van der Waals surface area contributed by atoms with E-state index in [1.807, 2.05) is 13.8 Å². The van der Waals surface area contributed by atoms with E-state index in [1.165, 1.54) is 11.1 Å². The molecule has 0 radical (unpaired) electrons. The Kier molecular flexibility index (Phi) is 16.3. The smallest absolute Gasteiger partial charge is 0.00867 e. The van der Waals surface area contributed by atoms with Crippen molar-refractivity contribution >= 4 is 0 Å². The molecule has 2 aromatic carbocycles. The monoisotopic (exact) mass is 274 g/mol. The zero-order valence-corrected chi connectivity index (χ0v) is 11.1. The molecule has 0 aliphatic heterocycles. The molecule has 114 valence electrons. The van der Waals surface area contributed by atoms with Crippen LogP contribution >= 0.6 is 0 Å². The Morgan fingerprint density at radius 1 is 0.650 bits per heavy atom. The van der Waals surface area contributed by atoms with Crippen LogP contribution in [0.3, 0.4) is 0 Å². The minimum absolute atomic E-state index is 0. The first-order valence-corrected chi connectivity index (χ1v) is 6.51. The number of hydrogen-bond acceptors (Lipinski definition) is 0. The van der Waals surface area contributed by atoms with E-state index < -0.39 is 0 Å². The third-order valence-electron chi connectivity index (χ3n) is 2.81. The molecule has 0 nitrogen and oxygen atoms in total. The predicted molar refractivity (Wildman–Crippen MR) is 96.6 cm³/mol. The largest absolute Gasteiger partial charge is 0.0776 e. The van der Waals surface area contributed by atoms with Crippen LogP contribution in [-0.4, -0.2) is 0 Å². The zero-order valence-electron chi connectivity index (χ0n) is 11.1. The Morgan fingerprint density at radius 2 is 0.950 bits per heavy atom. The molecule has 20 heavy (non-hydrogen) atoms. The van der Waals surface area contributed by atoms with E-state index in [-0.39, 0.29) is 22.3 Å². The third kappa shape index (κ3) is 6.56. The van der Waals surface area contributed by atoms with Gasteiger partial charge in [0.2, 0.25) is 0 Å². The number of rotatable bonds is 3. The predicted octanol–water partition coefficient (Wildman–Crippen LogP) is 7.16. The summed E-state index contributed by atoms with van der Waals surface area (Å²) < 4.78 is 0. The summed E-state index contributed by atoms with van der Waals surface area (Å²) in [5.41, 5.74) is 2.82. The second kappa shape index (κ2) is 13.9. The molecule has 0 heterocycles. The lowest BCUT2D eigenvalue weighted by Gasteiger charge is -2.15. The fourth-order valence-corrected chi connectivity index (χ4v) is 2.03. The topological polar surface area (TPSA) is 0 Å². The Balaban J connectivity index is -0.000000553. The van der Waals surface area contributed by atoms with Crippen LogP contribution in [0.4, 0.5) is 0 Å². The lowest BCUT2D eigenvalue weighted by Crippen LogP contribution is -1.98.